The van der Waals surface area contributed by atoms with Gasteiger partial charge in [0.25, 0.3) is 0 Å². The normalized spacial score (nSPS) is 13.0. The van der Waals surface area contributed by atoms with E-state index in [1.165, 1.54) is 4.68 Å². The number of anilines is 1. The van der Waals surface area contributed by atoms with Crippen LogP contribution in [0.1, 0.15) is 84.4 Å². The first kappa shape index (κ1) is 36.9. The van der Waals surface area contributed by atoms with Gasteiger partial charge in [0.2, 0.25) is 11.8 Å². The predicted octanol–water partition coefficient (Wildman–Crippen LogP) is 5.71. The van der Waals surface area contributed by atoms with Crippen LogP contribution in [0.25, 0.3) is 22.5 Å². The van der Waals surface area contributed by atoms with Crippen molar-refractivity contribution >= 4 is 23.3 Å². The summed E-state index contributed by atoms with van der Waals surface area (Å²) in [6.07, 6.45) is 2.79. The quantitative estimate of drug-likeness (QED) is 0.156. The molecule has 260 valence electrons. The van der Waals surface area contributed by atoms with Crippen LogP contribution in [0.5, 0.6) is 0 Å². The van der Waals surface area contributed by atoms with Crippen molar-refractivity contribution in [2.75, 3.05) is 37.9 Å². The molecule has 0 saturated heterocycles. The Labute approximate surface area is 284 Å². The summed E-state index contributed by atoms with van der Waals surface area (Å²) in [4.78, 5) is 40.0. The zero-order valence-corrected chi connectivity index (χ0v) is 28.8. The lowest BCUT2D eigenvalue weighted by Crippen LogP contribution is -2.34. The van der Waals surface area contributed by atoms with E-state index in [2.05, 4.69) is 43.3 Å². The Hall–Kier alpha value is -3.93. The number of nitrogens with zero attached hydrogens (tertiary/aromatic N) is 4. The maximum absolute atomic E-state index is 13.7. The standard InChI is InChI=1S/C37H51N5O6/c1-26(2)10-9-21-48-25-35(46)42-37-30-12-6-5-11-28(30)24-41(32-14-8-7-13-31(32)36(37)39-40-42)34(45)18-17-33(44)38-20-23-47-22-19-29(43)16-15-27(3)4/h5-8,11-14,26-27,35,46H,9-10,15-25H2,1-4H3,(H,38,44). The zero-order chi connectivity index (χ0) is 34.5. The average molecular weight is 662 g/mol. The van der Waals surface area contributed by atoms with E-state index in [4.69, 9.17) is 9.47 Å². The Morgan fingerprint density at radius 2 is 1.58 bits per heavy atom. The Kier molecular flexibility index (Phi) is 14.3. The molecule has 1 aliphatic heterocycles. The number of ketones is 1. The number of amides is 2. The Morgan fingerprint density at radius 3 is 2.35 bits per heavy atom. The van der Waals surface area contributed by atoms with Crippen LogP contribution in [0.4, 0.5) is 5.69 Å². The van der Waals surface area contributed by atoms with Crippen LogP contribution in [-0.4, -0.2) is 70.7 Å². The topological polar surface area (TPSA) is 136 Å². The third-order valence-electron chi connectivity index (χ3n) is 8.33. The van der Waals surface area contributed by atoms with Gasteiger partial charge < -0.3 is 24.8 Å². The second-order valence-electron chi connectivity index (χ2n) is 13.2. The van der Waals surface area contributed by atoms with Crippen molar-refractivity contribution < 1.29 is 29.0 Å². The molecule has 2 N–H and O–H groups in total. The Bertz CT molecular complexity index is 1500. The van der Waals surface area contributed by atoms with Crippen molar-refractivity contribution in [3.05, 3.63) is 54.1 Å². The first-order valence-corrected chi connectivity index (χ1v) is 17.2. The summed E-state index contributed by atoms with van der Waals surface area (Å²) < 4.78 is 12.8. The third-order valence-corrected chi connectivity index (χ3v) is 8.33. The molecule has 1 unspecified atom stereocenters. The van der Waals surface area contributed by atoms with Crippen molar-refractivity contribution in [1.29, 1.82) is 0 Å². The summed E-state index contributed by atoms with van der Waals surface area (Å²) in [5.74, 6) is 0.833. The highest BCUT2D eigenvalue weighted by Gasteiger charge is 2.30. The number of aliphatic hydroxyl groups excluding tert-OH is 1. The number of hydrogen-bond acceptors (Lipinski definition) is 8. The van der Waals surface area contributed by atoms with Crippen LogP contribution in [-0.2, 0) is 30.4 Å². The molecule has 1 aromatic heterocycles. The van der Waals surface area contributed by atoms with Gasteiger partial charge in [-0.1, -0.05) is 75.4 Å². The lowest BCUT2D eigenvalue weighted by Gasteiger charge is -2.29. The van der Waals surface area contributed by atoms with Crippen LogP contribution >= 0.6 is 0 Å². The Morgan fingerprint density at radius 1 is 0.854 bits per heavy atom. The van der Waals surface area contributed by atoms with E-state index >= 15 is 0 Å². The highest BCUT2D eigenvalue weighted by molar-refractivity contribution is 6.01. The molecule has 2 aromatic carbocycles. The van der Waals surface area contributed by atoms with Crippen LogP contribution < -0.4 is 10.2 Å². The van der Waals surface area contributed by atoms with Crippen LogP contribution in [0.3, 0.4) is 0 Å². The van der Waals surface area contributed by atoms with Gasteiger partial charge in [0.15, 0.2) is 6.23 Å². The summed E-state index contributed by atoms with van der Waals surface area (Å²) in [7, 11) is 0. The van der Waals surface area contributed by atoms with Crippen molar-refractivity contribution in [2.45, 2.75) is 85.4 Å². The predicted molar refractivity (Wildman–Crippen MR) is 185 cm³/mol. The molecule has 0 saturated carbocycles. The third kappa shape index (κ3) is 10.5. The van der Waals surface area contributed by atoms with Gasteiger partial charge in [-0.25, -0.2) is 4.68 Å². The summed E-state index contributed by atoms with van der Waals surface area (Å²) >= 11 is 0. The number of aliphatic hydroxyl groups is 1. The van der Waals surface area contributed by atoms with Crippen molar-refractivity contribution in [1.82, 2.24) is 20.3 Å². The van der Waals surface area contributed by atoms with Crippen molar-refractivity contribution in [2.24, 2.45) is 11.8 Å². The molecule has 3 aromatic rings. The second-order valence-corrected chi connectivity index (χ2v) is 13.2. The molecule has 0 aliphatic carbocycles. The number of ether oxygens (including phenoxy) is 2. The van der Waals surface area contributed by atoms with E-state index in [0.717, 1.165) is 30.4 Å². The van der Waals surface area contributed by atoms with Gasteiger partial charge in [-0.3, -0.25) is 14.4 Å². The molecule has 0 spiro atoms. The molecule has 1 aliphatic rings. The van der Waals surface area contributed by atoms with Crippen LogP contribution in [0.2, 0.25) is 0 Å². The molecule has 11 nitrogen and oxygen atoms in total. The minimum absolute atomic E-state index is 0.0138. The fraction of sp³-hybridized carbons (Fsp3) is 0.541. The molecular formula is C37H51N5O6. The lowest BCUT2D eigenvalue weighted by atomic mass is 9.95. The van der Waals surface area contributed by atoms with E-state index in [9.17, 15) is 19.5 Å². The summed E-state index contributed by atoms with van der Waals surface area (Å²) in [6.45, 7) is 10.4. The first-order valence-electron chi connectivity index (χ1n) is 17.2. The lowest BCUT2D eigenvalue weighted by molar-refractivity contribution is -0.125. The van der Waals surface area contributed by atoms with Crippen LogP contribution in [0.15, 0.2) is 48.5 Å². The smallest absolute Gasteiger partial charge is 0.227 e. The number of hydrogen-bond donors (Lipinski definition) is 2. The number of nitrogens with one attached hydrogen (secondary N) is 1. The van der Waals surface area contributed by atoms with Gasteiger partial charge in [-0.05, 0) is 42.7 Å². The van der Waals surface area contributed by atoms with Gasteiger partial charge in [0.05, 0.1) is 32.1 Å². The molecule has 1 atom stereocenters. The van der Waals surface area contributed by atoms with Gasteiger partial charge >= 0.3 is 0 Å². The van der Waals surface area contributed by atoms with Crippen molar-refractivity contribution in [3.8, 4) is 22.5 Å². The number of para-hydroxylation sites is 1. The SMILES string of the molecule is CC(C)CCCOCC(O)n1nnc2c1-c1ccccc1CN(C(=O)CCC(=O)NCCOCCC(=O)CCC(C)C)c1ccccc1-2. The molecule has 2 amide bonds. The Balaban J connectivity index is 1.40. The molecular weight excluding hydrogens is 610 g/mol. The monoisotopic (exact) mass is 661 g/mol. The summed E-state index contributed by atoms with van der Waals surface area (Å²) in [5, 5.41) is 22.8. The molecule has 0 bridgehead atoms. The van der Waals surface area contributed by atoms with Crippen molar-refractivity contribution in [3.63, 3.8) is 0 Å². The highest BCUT2D eigenvalue weighted by atomic mass is 16.5. The maximum atomic E-state index is 13.7. The molecule has 48 heavy (non-hydrogen) atoms. The molecule has 11 heteroatoms. The molecule has 2 heterocycles. The van der Waals surface area contributed by atoms with Crippen LogP contribution in [0, 0.1) is 11.8 Å². The van der Waals surface area contributed by atoms with E-state index in [-0.39, 0.29) is 43.6 Å². The highest BCUT2D eigenvalue weighted by Crippen LogP contribution is 2.41. The van der Waals surface area contributed by atoms with Gasteiger partial charge in [0.1, 0.15) is 17.2 Å². The summed E-state index contributed by atoms with van der Waals surface area (Å²) in [5.41, 5.74) is 4.23. The number of carbonyl (C=O) groups is 3. The first-order chi connectivity index (χ1) is 23.2. The van der Waals surface area contributed by atoms with E-state index in [0.29, 0.717) is 73.7 Å². The fourth-order valence-electron chi connectivity index (χ4n) is 5.63. The number of carbonyl (C=O) groups excluding carboxylic acids is 3. The molecule has 0 radical (unpaired) electrons. The number of Topliss-reactive ketones (excluding diaryl/α,β-unsaturated/α-hetero) is 1. The van der Waals surface area contributed by atoms with Gasteiger partial charge in [-0.15, -0.1) is 5.10 Å². The number of fused-ring (bicyclic) bond motifs is 5. The number of benzene rings is 2. The average Bonchev–Trinajstić information content (AvgIpc) is 3.50. The largest absolute Gasteiger partial charge is 0.379 e. The summed E-state index contributed by atoms with van der Waals surface area (Å²) in [6, 6.07) is 15.2. The number of rotatable bonds is 19. The zero-order valence-electron chi connectivity index (χ0n) is 28.8. The van der Waals surface area contributed by atoms with Gasteiger partial charge in [-0.2, -0.15) is 0 Å². The fourth-order valence-corrected chi connectivity index (χ4v) is 5.63. The number of aromatic nitrogens is 3. The van der Waals surface area contributed by atoms with E-state index < -0.39 is 6.23 Å². The second kappa shape index (κ2) is 18.6. The maximum Gasteiger partial charge on any atom is 0.227 e. The minimum atomic E-state index is -1.04. The van der Waals surface area contributed by atoms with E-state index in [1.54, 1.807) is 4.90 Å². The van der Waals surface area contributed by atoms with E-state index in [1.807, 2.05) is 48.5 Å². The molecule has 4 rings (SSSR count). The van der Waals surface area contributed by atoms with Gasteiger partial charge in [0, 0.05) is 50.0 Å². The molecule has 0 fully saturated rings. The minimum Gasteiger partial charge on any atom is -0.379 e.